The van der Waals surface area contributed by atoms with Gasteiger partial charge >= 0.3 is 0 Å². The molecule has 14 heavy (non-hydrogen) atoms. The Bertz CT molecular complexity index is 353. The molecule has 0 aromatic carbocycles. The van der Waals surface area contributed by atoms with Crippen LogP contribution >= 0.6 is 0 Å². The number of fused-ring (bicyclic) bond motifs is 1. The van der Waals surface area contributed by atoms with Crippen molar-refractivity contribution in [1.29, 1.82) is 0 Å². The lowest BCUT2D eigenvalue weighted by atomic mass is 9.86. The minimum absolute atomic E-state index is 0.159. The van der Waals surface area contributed by atoms with Gasteiger partial charge in [-0.3, -0.25) is 0 Å². The third-order valence-corrected chi connectivity index (χ3v) is 3.23. The second kappa shape index (κ2) is 2.53. The first kappa shape index (κ1) is 9.57. The van der Waals surface area contributed by atoms with E-state index in [-0.39, 0.29) is 11.0 Å². The van der Waals surface area contributed by atoms with Crippen LogP contribution in [0.2, 0.25) is 0 Å². The van der Waals surface area contributed by atoms with Crippen molar-refractivity contribution in [2.75, 3.05) is 7.05 Å². The van der Waals surface area contributed by atoms with E-state index in [0.717, 1.165) is 0 Å². The van der Waals surface area contributed by atoms with E-state index in [9.17, 15) is 0 Å². The van der Waals surface area contributed by atoms with Crippen molar-refractivity contribution in [3.8, 4) is 0 Å². The third-order valence-electron chi connectivity index (χ3n) is 3.23. The lowest BCUT2D eigenvalue weighted by Gasteiger charge is -2.32. The highest BCUT2D eigenvalue weighted by Crippen LogP contribution is 2.40. The summed E-state index contributed by atoms with van der Waals surface area (Å²) < 4.78 is 0. The number of likely N-dealkylation sites (N-methyl/N-ethyl adjacent to an activating group) is 1. The monoisotopic (exact) mass is 189 g/mol. The van der Waals surface area contributed by atoms with E-state index in [1.165, 1.54) is 11.3 Å². The Morgan fingerprint density at radius 2 is 1.71 bits per heavy atom. The second-order valence-electron chi connectivity index (χ2n) is 5.50. The van der Waals surface area contributed by atoms with Crippen LogP contribution in [0.15, 0.2) is 35.6 Å². The van der Waals surface area contributed by atoms with Gasteiger partial charge < -0.3 is 4.90 Å². The third kappa shape index (κ3) is 1.31. The first-order valence-corrected chi connectivity index (χ1v) is 5.21. The Balaban J connectivity index is 2.47. The van der Waals surface area contributed by atoms with E-state index in [0.29, 0.717) is 0 Å². The number of hydrogen-bond acceptors (Lipinski definition) is 1. The predicted octanol–water partition coefficient (Wildman–Crippen LogP) is 3.12. The average molecular weight is 189 g/mol. The first-order valence-electron chi connectivity index (χ1n) is 5.21. The normalized spacial score (nSPS) is 27.1. The molecule has 0 saturated heterocycles. The summed E-state index contributed by atoms with van der Waals surface area (Å²) in [7, 11) is 2.17. The molecule has 2 rings (SSSR count). The van der Waals surface area contributed by atoms with Crippen LogP contribution in [0.25, 0.3) is 0 Å². The molecule has 0 atom stereocenters. The number of allylic oxidation sites excluding steroid dienone is 3. The number of rotatable bonds is 0. The van der Waals surface area contributed by atoms with Crippen molar-refractivity contribution in [2.45, 2.75) is 33.2 Å². The molecule has 0 radical (unpaired) electrons. The van der Waals surface area contributed by atoms with E-state index in [1.54, 1.807) is 0 Å². The van der Waals surface area contributed by atoms with Crippen molar-refractivity contribution in [3.63, 3.8) is 0 Å². The van der Waals surface area contributed by atoms with Crippen LogP contribution in [0.3, 0.4) is 0 Å². The van der Waals surface area contributed by atoms with E-state index in [2.05, 4.69) is 63.9 Å². The molecule has 1 aliphatic carbocycles. The molecule has 1 heterocycles. The fourth-order valence-electron chi connectivity index (χ4n) is 2.07. The Hall–Kier alpha value is -0.980. The zero-order chi connectivity index (χ0) is 10.6. The molecule has 0 amide bonds. The maximum atomic E-state index is 2.35. The zero-order valence-electron chi connectivity index (χ0n) is 9.76. The summed E-state index contributed by atoms with van der Waals surface area (Å²) in [5, 5.41) is 0. The molecule has 76 valence electrons. The molecule has 0 unspecified atom stereocenters. The molecule has 0 aromatic rings. The predicted molar refractivity (Wildman–Crippen MR) is 60.9 cm³/mol. The van der Waals surface area contributed by atoms with Gasteiger partial charge in [-0.15, -0.1) is 0 Å². The van der Waals surface area contributed by atoms with Crippen LogP contribution in [0, 0.1) is 5.41 Å². The molecule has 0 bridgehead atoms. The van der Waals surface area contributed by atoms with Crippen LogP contribution in [0.1, 0.15) is 27.7 Å². The summed E-state index contributed by atoms with van der Waals surface area (Å²) in [6.07, 6.45) is 9.22. The Morgan fingerprint density at radius 3 is 2.36 bits per heavy atom. The van der Waals surface area contributed by atoms with Crippen LogP contribution in [0.5, 0.6) is 0 Å². The Labute approximate surface area is 86.8 Å². The van der Waals surface area contributed by atoms with Crippen molar-refractivity contribution in [1.82, 2.24) is 4.90 Å². The molecule has 1 nitrogen and oxygen atoms in total. The molecule has 0 spiro atoms. The van der Waals surface area contributed by atoms with Gasteiger partial charge in [-0.25, -0.2) is 0 Å². The molecule has 0 fully saturated rings. The summed E-state index contributed by atoms with van der Waals surface area (Å²) in [6.45, 7) is 8.98. The van der Waals surface area contributed by atoms with Gasteiger partial charge in [0, 0.05) is 18.2 Å². The summed E-state index contributed by atoms with van der Waals surface area (Å²) in [5.74, 6) is 0. The first-order chi connectivity index (χ1) is 6.32. The minimum atomic E-state index is 0.159. The van der Waals surface area contributed by atoms with Crippen molar-refractivity contribution < 1.29 is 0 Å². The summed E-state index contributed by atoms with van der Waals surface area (Å²) in [4.78, 5) is 2.35. The molecular weight excluding hydrogens is 170 g/mol. The van der Waals surface area contributed by atoms with E-state index < -0.39 is 0 Å². The molecule has 1 heteroatoms. The lowest BCUT2D eigenvalue weighted by Crippen LogP contribution is -2.34. The highest BCUT2D eigenvalue weighted by Gasteiger charge is 2.34. The lowest BCUT2D eigenvalue weighted by molar-refractivity contribution is 0.283. The van der Waals surface area contributed by atoms with Gasteiger partial charge in [0.2, 0.25) is 0 Å². The summed E-state index contributed by atoms with van der Waals surface area (Å²) in [6, 6.07) is 0. The minimum Gasteiger partial charge on any atom is -0.366 e. The summed E-state index contributed by atoms with van der Waals surface area (Å²) >= 11 is 0. The van der Waals surface area contributed by atoms with Crippen molar-refractivity contribution in [2.24, 2.45) is 5.41 Å². The Morgan fingerprint density at radius 1 is 1.07 bits per heavy atom. The van der Waals surface area contributed by atoms with Gasteiger partial charge in [0.25, 0.3) is 0 Å². The molecule has 0 N–H and O–H groups in total. The van der Waals surface area contributed by atoms with E-state index in [4.69, 9.17) is 0 Å². The van der Waals surface area contributed by atoms with Gasteiger partial charge in [0.05, 0.1) is 5.54 Å². The fraction of sp³-hybridized carbons (Fsp3) is 0.538. The standard InChI is InChI=1S/C13H19N/c1-12(2)7-6-10-8-13(3,4)14(5)11(10)9-12/h6-9H,1-5H3. The number of hydrogen-bond donors (Lipinski definition) is 0. The molecule has 2 aliphatic rings. The molecule has 0 aromatic heterocycles. The van der Waals surface area contributed by atoms with Crippen LogP contribution < -0.4 is 0 Å². The van der Waals surface area contributed by atoms with Crippen LogP contribution in [-0.4, -0.2) is 17.5 Å². The largest absolute Gasteiger partial charge is 0.366 e. The smallest absolute Gasteiger partial charge is 0.0534 e. The topological polar surface area (TPSA) is 3.24 Å². The molecule has 1 aliphatic heterocycles. The zero-order valence-corrected chi connectivity index (χ0v) is 9.76. The molecule has 0 saturated carbocycles. The second-order valence-corrected chi connectivity index (χ2v) is 5.50. The van der Waals surface area contributed by atoms with Gasteiger partial charge in [-0.1, -0.05) is 38.2 Å². The quantitative estimate of drug-likeness (QED) is 0.566. The van der Waals surface area contributed by atoms with Crippen LogP contribution in [-0.2, 0) is 0 Å². The van der Waals surface area contributed by atoms with Crippen molar-refractivity contribution >= 4 is 0 Å². The van der Waals surface area contributed by atoms with E-state index in [1.807, 2.05) is 0 Å². The van der Waals surface area contributed by atoms with Crippen LogP contribution in [0.4, 0.5) is 0 Å². The maximum Gasteiger partial charge on any atom is 0.0534 e. The summed E-state index contributed by atoms with van der Waals surface area (Å²) in [5.41, 5.74) is 3.10. The van der Waals surface area contributed by atoms with Gasteiger partial charge in [0.15, 0.2) is 0 Å². The van der Waals surface area contributed by atoms with Gasteiger partial charge in [-0.2, -0.15) is 0 Å². The molecular formula is C13H19N. The van der Waals surface area contributed by atoms with Gasteiger partial charge in [0.1, 0.15) is 0 Å². The highest BCUT2D eigenvalue weighted by molar-refractivity contribution is 5.51. The van der Waals surface area contributed by atoms with E-state index >= 15 is 0 Å². The maximum absolute atomic E-state index is 2.35. The fourth-order valence-corrected chi connectivity index (χ4v) is 2.07. The SMILES string of the molecule is CN1C2=CC(C)(C)C=CC2=CC1(C)C. The highest BCUT2D eigenvalue weighted by atomic mass is 15.2. The van der Waals surface area contributed by atoms with Gasteiger partial charge in [-0.05, 0) is 19.4 Å². The Kier molecular flexibility index (Phi) is 1.73. The number of nitrogens with zero attached hydrogens (tertiary/aromatic N) is 1. The average Bonchev–Trinajstić information content (AvgIpc) is 2.25. The van der Waals surface area contributed by atoms with Crippen molar-refractivity contribution in [3.05, 3.63) is 35.6 Å².